The van der Waals surface area contributed by atoms with E-state index in [0.29, 0.717) is 15.7 Å². The summed E-state index contributed by atoms with van der Waals surface area (Å²) in [7, 11) is 0. The van der Waals surface area contributed by atoms with Gasteiger partial charge in [0.2, 0.25) is 11.7 Å². The van der Waals surface area contributed by atoms with Gasteiger partial charge in [0, 0.05) is 10.0 Å². The van der Waals surface area contributed by atoms with Crippen LogP contribution in [0.2, 0.25) is 10.0 Å². The van der Waals surface area contributed by atoms with Crippen molar-refractivity contribution in [1.29, 1.82) is 0 Å². The van der Waals surface area contributed by atoms with Gasteiger partial charge in [0.05, 0.1) is 31.1 Å². The van der Waals surface area contributed by atoms with E-state index in [4.69, 9.17) is 37.8 Å². The molecule has 0 radical (unpaired) electrons. The topological polar surface area (TPSA) is 99.1 Å². The van der Waals surface area contributed by atoms with Gasteiger partial charge in [-0.3, -0.25) is 20.3 Å². The van der Waals surface area contributed by atoms with Crippen LogP contribution in [0.5, 0.6) is 0 Å². The van der Waals surface area contributed by atoms with Gasteiger partial charge < -0.3 is 9.47 Å². The molecule has 3 aliphatic rings. The van der Waals surface area contributed by atoms with Gasteiger partial charge in [0.25, 0.3) is 0 Å². The quantitative estimate of drug-likeness (QED) is 0.404. The van der Waals surface area contributed by atoms with Crippen LogP contribution in [0, 0.1) is 0 Å². The van der Waals surface area contributed by atoms with Crippen LogP contribution < -0.4 is 15.4 Å². The zero-order chi connectivity index (χ0) is 27.9. The summed E-state index contributed by atoms with van der Waals surface area (Å²) in [5.74, 6) is -1.03. The van der Waals surface area contributed by atoms with Crippen LogP contribution in [0.3, 0.4) is 0 Å². The number of carbonyl (C=O) groups excluding carboxylic acids is 2. The number of fused-ring (bicyclic) bond motifs is 2. The predicted octanol–water partition coefficient (Wildman–Crippen LogP) is 4.35. The van der Waals surface area contributed by atoms with Crippen LogP contribution >= 0.6 is 23.2 Å². The van der Waals surface area contributed by atoms with Crippen molar-refractivity contribution in [3.63, 3.8) is 0 Å². The van der Waals surface area contributed by atoms with Crippen LogP contribution in [0.15, 0.2) is 70.3 Å². The minimum absolute atomic E-state index is 0.0437. The Morgan fingerprint density at radius 3 is 2.10 bits per heavy atom. The van der Waals surface area contributed by atoms with E-state index in [0.717, 1.165) is 11.3 Å². The Bertz CT molecular complexity index is 1390. The zero-order valence-corrected chi connectivity index (χ0v) is 23.5. The number of ether oxygens (including phenoxy) is 2. The minimum Gasteiger partial charge on any atom is -0.460 e. The monoisotopic (exact) mass is 570 g/mol. The first-order valence-electron chi connectivity index (χ1n) is 12.5. The third-order valence-electron chi connectivity index (χ3n) is 6.91. The number of aliphatic imine (C=N–C) groups is 1. The Morgan fingerprint density at radius 2 is 1.51 bits per heavy atom. The lowest BCUT2D eigenvalue weighted by Gasteiger charge is -2.52. The van der Waals surface area contributed by atoms with Crippen molar-refractivity contribution >= 4 is 58.2 Å². The molecule has 0 saturated heterocycles. The molecule has 5 rings (SSSR count). The van der Waals surface area contributed by atoms with Gasteiger partial charge in [-0.2, -0.15) is 0 Å². The highest BCUT2D eigenvalue weighted by Gasteiger charge is 2.65. The molecule has 2 unspecified atom stereocenters. The molecule has 2 atom stereocenters. The lowest BCUT2D eigenvalue weighted by molar-refractivity contribution is -0.137. The van der Waals surface area contributed by atoms with Crippen molar-refractivity contribution in [3.8, 4) is 0 Å². The van der Waals surface area contributed by atoms with Crippen molar-refractivity contribution in [3.05, 3.63) is 70.2 Å². The number of hydrogen-bond donors (Lipinski definition) is 1. The first-order chi connectivity index (χ1) is 18.7. The number of hydrazone groups is 1. The largest absolute Gasteiger partial charge is 0.460 e. The number of anilines is 2. The van der Waals surface area contributed by atoms with Crippen molar-refractivity contribution in [2.75, 3.05) is 29.8 Å². The van der Waals surface area contributed by atoms with Gasteiger partial charge in [-0.15, -0.1) is 5.10 Å². The third kappa shape index (κ3) is 4.28. The first-order valence-corrected chi connectivity index (χ1v) is 13.3. The smallest absolute Gasteiger partial charge is 0.376 e. The maximum Gasteiger partial charge on any atom is 0.376 e. The molecule has 0 bridgehead atoms. The van der Waals surface area contributed by atoms with E-state index in [2.05, 4.69) is 10.4 Å². The molecule has 10 nitrogen and oxygen atoms in total. The van der Waals surface area contributed by atoms with Gasteiger partial charge in [0.1, 0.15) is 0 Å². The fraction of sp³-hybridized carbons (Fsp3) is 0.333. The van der Waals surface area contributed by atoms with Crippen LogP contribution in [0.1, 0.15) is 27.7 Å². The second kappa shape index (κ2) is 10.1. The van der Waals surface area contributed by atoms with Gasteiger partial charge in [-0.25, -0.2) is 14.6 Å². The average Bonchev–Trinajstić information content (AvgIpc) is 3.33. The minimum atomic E-state index is -1.09. The van der Waals surface area contributed by atoms with Crippen LogP contribution in [0.4, 0.5) is 11.4 Å². The normalized spacial score (nSPS) is 23.6. The van der Waals surface area contributed by atoms with Crippen LogP contribution in [0.25, 0.3) is 0 Å². The molecular formula is C27H28Cl2N6O4. The van der Waals surface area contributed by atoms with Gasteiger partial charge in [0.15, 0.2) is 11.3 Å². The molecule has 204 valence electrons. The highest BCUT2D eigenvalue weighted by Crippen LogP contribution is 2.50. The summed E-state index contributed by atoms with van der Waals surface area (Å²) in [5.41, 5.74) is 3.41. The lowest BCUT2D eigenvalue weighted by Crippen LogP contribution is -2.74. The number of nitrogens with zero attached hydrogens (tertiary/aromatic N) is 5. The summed E-state index contributed by atoms with van der Waals surface area (Å²) in [5, 5.41) is 9.47. The second-order valence-electron chi connectivity index (χ2n) is 9.31. The molecule has 2 aromatic carbocycles. The summed E-state index contributed by atoms with van der Waals surface area (Å²) >= 11 is 12.4. The Morgan fingerprint density at radius 1 is 0.949 bits per heavy atom. The summed E-state index contributed by atoms with van der Waals surface area (Å²) in [6.07, 6.45) is 2.03. The van der Waals surface area contributed by atoms with E-state index in [1.165, 1.54) is 0 Å². The average molecular weight is 571 g/mol. The number of rotatable bonds is 6. The number of esters is 2. The second-order valence-corrected chi connectivity index (χ2v) is 10.2. The third-order valence-corrected chi connectivity index (χ3v) is 7.41. The van der Waals surface area contributed by atoms with Crippen LogP contribution in [-0.4, -0.2) is 59.6 Å². The lowest BCUT2D eigenvalue weighted by atomic mass is 9.99. The van der Waals surface area contributed by atoms with E-state index < -0.39 is 23.3 Å². The maximum atomic E-state index is 13.4. The van der Waals surface area contributed by atoms with E-state index in [9.17, 15) is 9.59 Å². The molecule has 0 saturated carbocycles. The van der Waals surface area contributed by atoms with Gasteiger partial charge in [-0.05, 0) is 87.9 Å². The highest BCUT2D eigenvalue weighted by molar-refractivity contribution is 6.37. The van der Waals surface area contributed by atoms with E-state index in [1.54, 1.807) is 48.1 Å². The molecule has 39 heavy (non-hydrogen) atoms. The fourth-order valence-electron chi connectivity index (χ4n) is 5.30. The van der Waals surface area contributed by atoms with Crippen molar-refractivity contribution < 1.29 is 19.1 Å². The van der Waals surface area contributed by atoms with Crippen molar-refractivity contribution in [2.24, 2.45) is 10.1 Å². The Balaban J connectivity index is 1.70. The standard InChI is InChI=1S/C27H28Cl2N6O4/c1-5-38-24(36)22-30-16-27(35(31-22)21-13-9-19(29)10-14-21)17(3)15-26(4)33(27)23(25(37)39-6-2)32-34(26)20-11-7-18(28)8-12-20/h7-15H,5-6,16H2,1-4H3,(H,30,31). The summed E-state index contributed by atoms with van der Waals surface area (Å²) in [4.78, 5) is 32.6. The number of nitrogens with one attached hydrogen (secondary N) is 1. The molecule has 1 N–H and O–H groups in total. The summed E-state index contributed by atoms with van der Waals surface area (Å²) < 4.78 is 10.7. The highest BCUT2D eigenvalue weighted by atomic mass is 35.5. The summed E-state index contributed by atoms with van der Waals surface area (Å²) in [6.45, 7) is 7.85. The molecule has 3 aliphatic heterocycles. The fourth-order valence-corrected chi connectivity index (χ4v) is 5.55. The first kappa shape index (κ1) is 26.8. The van der Waals surface area contributed by atoms with Gasteiger partial charge >= 0.3 is 11.9 Å². The number of halogens is 2. The Labute approximate surface area is 236 Å². The molecule has 0 aromatic heterocycles. The van der Waals surface area contributed by atoms with Gasteiger partial charge in [-0.1, -0.05) is 23.2 Å². The van der Waals surface area contributed by atoms with Crippen molar-refractivity contribution in [1.82, 2.24) is 10.3 Å². The van der Waals surface area contributed by atoms with E-state index in [1.807, 2.05) is 49.1 Å². The van der Waals surface area contributed by atoms with Crippen LogP contribution in [-0.2, 0) is 19.1 Å². The molecule has 0 aliphatic carbocycles. The molecule has 0 fully saturated rings. The number of hydrogen-bond acceptors (Lipinski definition) is 10. The molecule has 2 aromatic rings. The van der Waals surface area contributed by atoms with E-state index in [-0.39, 0.29) is 31.4 Å². The number of hydrazine groups is 1. The Hall–Kier alpha value is -3.76. The molecule has 12 heteroatoms. The predicted molar refractivity (Wildman–Crippen MR) is 151 cm³/mol. The SMILES string of the molecule is CCOC(=O)C1=NCC2(C(C)=CC3(C)N(c4ccc(Cl)cc4)N=C(C(=O)OCC)N32)N(c2ccc(Cl)cc2)N1. The number of carbonyl (C=O) groups is 2. The Kier molecular flexibility index (Phi) is 6.94. The molecule has 1 spiro atoms. The molecule has 0 amide bonds. The summed E-state index contributed by atoms with van der Waals surface area (Å²) in [6, 6.07) is 14.3. The molecular weight excluding hydrogens is 543 g/mol. The van der Waals surface area contributed by atoms with E-state index >= 15 is 0 Å². The number of benzene rings is 2. The van der Waals surface area contributed by atoms with Crippen molar-refractivity contribution in [2.45, 2.75) is 39.0 Å². The number of amidine groups is 2. The maximum absolute atomic E-state index is 13.4. The molecule has 3 heterocycles. The zero-order valence-electron chi connectivity index (χ0n) is 21.9.